The molecule has 29 heavy (non-hydrogen) atoms. The van der Waals surface area contributed by atoms with Crippen molar-refractivity contribution in [2.75, 3.05) is 0 Å². The van der Waals surface area contributed by atoms with Crippen LogP contribution in [0.5, 0.6) is 5.88 Å². The molecule has 2 N–H and O–H groups in total. The standard InChI is InChI=1S/C22H14ClN5O/c23-20-6-5-18-21(26-20)16(22(29)25-18)11-14-1-3-15-17(27-28-19(15)12-14)4-2-13-7-9-24-10-8-13/h1-12,25,29H/b4-2+,14-11+. The molecular weight excluding hydrogens is 386 g/mol. The highest BCUT2D eigenvalue weighted by atomic mass is 35.5. The number of fused-ring (bicyclic) bond motifs is 2. The topological polar surface area (TPSA) is 86.5 Å². The number of benzene rings is 1. The number of H-pyrrole nitrogens is 1. The van der Waals surface area contributed by atoms with E-state index < -0.39 is 0 Å². The van der Waals surface area contributed by atoms with Crippen molar-refractivity contribution >= 4 is 46.2 Å². The van der Waals surface area contributed by atoms with E-state index in [0.29, 0.717) is 16.2 Å². The average Bonchev–Trinajstić information content (AvgIpc) is 3.28. The minimum Gasteiger partial charge on any atom is -0.494 e. The molecule has 6 nitrogen and oxygen atoms in total. The summed E-state index contributed by atoms with van der Waals surface area (Å²) in [5.74, 6) is 0.0458. The summed E-state index contributed by atoms with van der Waals surface area (Å²) in [6, 6.07) is 13.2. The Bertz CT molecular complexity index is 1420. The zero-order valence-electron chi connectivity index (χ0n) is 15.0. The summed E-state index contributed by atoms with van der Waals surface area (Å²) in [6.07, 6.45) is 9.26. The van der Waals surface area contributed by atoms with Gasteiger partial charge in [0.05, 0.1) is 22.5 Å². The van der Waals surface area contributed by atoms with Gasteiger partial charge in [0, 0.05) is 17.6 Å². The summed E-state index contributed by atoms with van der Waals surface area (Å²) in [4.78, 5) is 11.2. The molecule has 0 spiro atoms. The number of aromatic amines is 1. The zero-order valence-corrected chi connectivity index (χ0v) is 15.8. The molecule has 0 atom stereocenters. The molecule has 4 aromatic rings. The van der Waals surface area contributed by atoms with Crippen molar-refractivity contribution in [3.8, 4) is 5.88 Å². The molecule has 3 aromatic heterocycles. The highest BCUT2D eigenvalue weighted by Gasteiger charge is 2.11. The molecule has 0 saturated carbocycles. The van der Waals surface area contributed by atoms with Gasteiger partial charge in [-0.2, -0.15) is 0 Å². The van der Waals surface area contributed by atoms with Crippen LogP contribution in [0.3, 0.4) is 0 Å². The number of rotatable bonds is 3. The number of hydrogen-bond acceptors (Lipinski definition) is 5. The summed E-state index contributed by atoms with van der Waals surface area (Å²) in [5, 5.41) is 21.0. The second kappa shape index (κ2) is 7.00. The lowest BCUT2D eigenvalue weighted by Crippen LogP contribution is -2.08. The Hall–Kier alpha value is -3.77. The molecule has 0 bridgehead atoms. The van der Waals surface area contributed by atoms with E-state index in [1.807, 2.05) is 48.6 Å². The van der Waals surface area contributed by atoms with Crippen LogP contribution in [-0.4, -0.2) is 20.1 Å². The third-order valence-corrected chi connectivity index (χ3v) is 4.85. The van der Waals surface area contributed by atoms with Crippen LogP contribution in [0.1, 0.15) is 11.1 Å². The number of azo groups is 1. The van der Waals surface area contributed by atoms with Gasteiger partial charge in [-0.05, 0) is 59.3 Å². The van der Waals surface area contributed by atoms with Crippen LogP contribution in [0.4, 0.5) is 5.69 Å². The lowest BCUT2D eigenvalue weighted by atomic mass is 10.1. The SMILES string of the molecule is Oc1[nH]c2ccc(Cl)nc2c1/C=c1\ccc2c(c1)N=NC=2/C=C/c1ccncc1. The molecule has 0 fully saturated rings. The molecule has 1 aliphatic heterocycles. The van der Waals surface area contributed by atoms with Crippen molar-refractivity contribution in [3.63, 3.8) is 0 Å². The van der Waals surface area contributed by atoms with Gasteiger partial charge in [0.2, 0.25) is 0 Å². The number of nitrogens with one attached hydrogen (secondary N) is 1. The van der Waals surface area contributed by atoms with Gasteiger partial charge in [-0.3, -0.25) is 4.98 Å². The van der Waals surface area contributed by atoms with Crippen LogP contribution in [0.2, 0.25) is 5.15 Å². The zero-order chi connectivity index (χ0) is 19.8. The lowest BCUT2D eigenvalue weighted by molar-refractivity contribution is 0.457. The van der Waals surface area contributed by atoms with Gasteiger partial charge in [-0.25, -0.2) is 4.98 Å². The predicted molar refractivity (Wildman–Crippen MR) is 113 cm³/mol. The fourth-order valence-corrected chi connectivity index (χ4v) is 3.37. The Morgan fingerprint density at radius 1 is 0.966 bits per heavy atom. The molecule has 1 aromatic carbocycles. The molecule has 0 unspecified atom stereocenters. The maximum atomic E-state index is 10.3. The van der Waals surface area contributed by atoms with Crippen LogP contribution >= 0.6 is 11.6 Å². The third-order valence-electron chi connectivity index (χ3n) is 4.64. The number of aromatic hydroxyl groups is 1. The largest absolute Gasteiger partial charge is 0.494 e. The highest BCUT2D eigenvalue weighted by molar-refractivity contribution is 6.29. The van der Waals surface area contributed by atoms with Crippen molar-refractivity contribution < 1.29 is 5.11 Å². The Kier molecular flexibility index (Phi) is 4.18. The smallest absolute Gasteiger partial charge is 0.198 e. The van der Waals surface area contributed by atoms with Crippen LogP contribution in [0.25, 0.3) is 28.9 Å². The van der Waals surface area contributed by atoms with E-state index in [1.165, 1.54) is 0 Å². The minimum absolute atomic E-state index is 0.0458. The minimum atomic E-state index is 0.0458. The molecule has 5 rings (SSSR count). The number of nitrogens with zero attached hydrogens (tertiary/aromatic N) is 4. The monoisotopic (exact) mass is 399 g/mol. The quantitative estimate of drug-likeness (QED) is 0.509. The molecule has 0 saturated heterocycles. The van der Waals surface area contributed by atoms with Crippen LogP contribution < -0.4 is 10.4 Å². The molecule has 7 heteroatoms. The Morgan fingerprint density at radius 2 is 1.83 bits per heavy atom. The fraction of sp³-hybridized carbons (Fsp3) is 0. The van der Waals surface area contributed by atoms with Crippen molar-refractivity contribution in [3.05, 3.63) is 87.7 Å². The Labute approximate surface area is 170 Å². The number of hydrogen-bond donors (Lipinski definition) is 2. The highest BCUT2D eigenvalue weighted by Crippen LogP contribution is 2.27. The van der Waals surface area contributed by atoms with E-state index in [1.54, 1.807) is 24.5 Å². The Morgan fingerprint density at radius 3 is 2.69 bits per heavy atom. The molecule has 1 aliphatic rings. The van der Waals surface area contributed by atoms with Gasteiger partial charge in [0.25, 0.3) is 0 Å². The molecule has 4 heterocycles. The summed E-state index contributed by atoms with van der Waals surface area (Å²) in [7, 11) is 0. The van der Waals surface area contributed by atoms with Crippen molar-refractivity contribution in [2.45, 2.75) is 0 Å². The molecule has 140 valence electrons. The van der Waals surface area contributed by atoms with E-state index in [-0.39, 0.29) is 5.88 Å². The van der Waals surface area contributed by atoms with E-state index in [2.05, 4.69) is 25.2 Å². The normalized spacial score (nSPS) is 13.7. The first-order chi connectivity index (χ1) is 14.2. The maximum absolute atomic E-state index is 10.3. The van der Waals surface area contributed by atoms with Gasteiger partial charge in [-0.15, -0.1) is 10.2 Å². The average molecular weight is 400 g/mol. The van der Waals surface area contributed by atoms with Crippen molar-refractivity contribution in [1.82, 2.24) is 15.0 Å². The van der Waals surface area contributed by atoms with Gasteiger partial charge in [-0.1, -0.05) is 23.7 Å². The predicted octanol–water partition coefficient (Wildman–Crippen LogP) is 4.06. The first-order valence-electron chi connectivity index (χ1n) is 8.90. The van der Waals surface area contributed by atoms with Crippen LogP contribution in [0.15, 0.2) is 71.2 Å². The van der Waals surface area contributed by atoms with Crippen molar-refractivity contribution in [1.29, 1.82) is 0 Å². The second-order valence-corrected chi connectivity index (χ2v) is 6.92. The first kappa shape index (κ1) is 17.3. The van der Waals surface area contributed by atoms with Gasteiger partial charge >= 0.3 is 0 Å². The van der Waals surface area contributed by atoms with Gasteiger partial charge < -0.3 is 10.1 Å². The van der Waals surface area contributed by atoms with E-state index >= 15 is 0 Å². The van der Waals surface area contributed by atoms with E-state index in [4.69, 9.17) is 11.6 Å². The molecule has 0 amide bonds. The number of aromatic nitrogens is 3. The number of pyridine rings is 2. The number of halogens is 1. The van der Waals surface area contributed by atoms with Crippen LogP contribution in [-0.2, 0) is 0 Å². The van der Waals surface area contributed by atoms with Gasteiger partial charge in [0.1, 0.15) is 10.7 Å². The lowest BCUT2D eigenvalue weighted by Gasteiger charge is -1.95. The summed E-state index contributed by atoms with van der Waals surface area (Å²) in [5.41, 5.74) is 4.53. The molecule has 0 radical (unpaired) electrons. The van der Waals surface area contributed by atoms with Crippen LogP contribution in [0, 0.1) is 0 Å². The fourth-order valence-electron chi connectivity index (χ4n) is 3.22. The van der Waals surface area contributed by atoms with E-state index in [0.717, 1.165) is 32.9 Å². The first-order valence-corrected chi connectivity index (χ1v) is 9.28. The second-order valence-electron chi connectivity index (χ2n) is 6.54. The van der Waals surface area contributed by atoms with Crippen molar-refractivity contribution in [2.24, 2.45) is 10.2 Å². The van der Waals surface area contributed by atoms with E-state index in [9.17, 15) is 5.11 Å². The Balaban J connectivity index is 1.57. The maximum Gasteiger partial charge on any atom is 0.198 e. The summed E-state index contributed by atoms with van der Waals surface area (Å²) in [6.45, 7) is 0. The summed E-state index contributed by atoms with van der Waals surface area (Å²) < 4.78 is 0. The third kappa shape index (κ3) is 3.30. The molecular formula is C22H14ClN5O. The van der Waals surface area contributed by atoms with Gasteiger partial charge in [0.15, 0.2) is 5.88 Å². The molecule has 0 aliphatic carbocycles. The summed E-state index contributed by atoms with van der Waals surface area (Å²) >= 11 is 6.01.